The van der Waals surface area contributed by atoms with Crippen LogP contribution in [-0.4, -0.2) is 27.8 Å². The Morgan fingerprint density at radius 3 is 2.69 bits per heavy atom. The Kier molecular flexibility index (Phi) is 5.04. The van der Waals surface area contributed by atoms with E-state index in [-0.39, 0.29) is 17.0 Å². The van der Waals surface area contributed by atoms with E-state index in [1.54, 1.807) is 30.3 Å². The Bertz CT molecular complexity index is 1390. The van der Waals surface area contributed by atoms with Gasteiger partial charge in [-0.25, -0.2) is 14.7 Å². The number of halogens is 1. The number of anilines is 1. The number of H-pyrrole nitrogens is 1. The topological polar surface area (TPSA) is 108 Å². The Labute approximate surface area is 190 Å². The zero-order valence-electron chi connectivity index (χ0n) is 16.2. The summed E-state index contributed by atoms with van der Waals surface area (Å²) in [5, 5.41) is 3.67. The molecule has 0 radical (unpaired) electrons. The maximum atomic E-state index is 12.9. The first-order valence-electron chi connectivity index (χ1n) is 9.37. The molecule has 0 aliphatic carbocycles. The summed E-state index contributed by atoms with van der Waals surface area (Å²) in [7, 11) is 0. The summed E-state index contributed by atoms with van der Waals surface area (Å²) in [5.41, 5.74) is 1.75. The van der Waals surface area contributed by atoms with Crippen molar-refractivity contribution < 1.29 is 18.8 Å². The predicted octanol–water partition coefficient (Wildman–Crippen LogP) is 4.63. The number of aromatic amines is 1. The first-order valence-corrected chi connectivity index (χ1v) is 10.6. The van der Waals surface area contributed by atoms with Gasteiger partial charge in [0.15, 0.2) is 10.2 Å². The van der Waals surface area contributed by atoms with Crippen molar-refractivity contribution in [2.45, 2.75) is 10.2 Å². The number of hydrogen-bond acceptors (Lipinski definition) is 6. The minimum Gasteiger partial charge on any atom is -0.450 e. The number of nitrogens with zero attached hydrogens (tertiary/aromatic N) is 2. The minimum atomic E-state index is -0.847. The standard InChI is InChI=1S/C22H13ClN4O4S/c23-12-4-3-5-13(10-12)27-20(29)15(19(28)26-22(27)30)11-14-8-9-18(31-14)32-21-24-16-6-1-2-7-17(16)25-21/h1-11H,(H,24,25)(H,26,28,30). The fourth-order valence-electron chi connectivity index (χ4n) is 3.19. The van der Waals surface area contributed by atoms with Crippen molar-refractivity contribution in [2.24, 2.45) is 0 Å². The summed E-state index contributed by atoms with van der Waals surface area (Å²) >= 11 is 7.24. The summed E-state index contributed by atoms with van der Waals surface area (Å²) in [6.45, 7) is 0. The summed E-state index contributed by atoms with van der Waals surface area (Å²) < 4.78 is 5.74. The fourth-order valence-corrected chi connectivity index (χ4v) is 4.14. The van der Waals surface area contributed by atoms with E-state index >= 15 is 0 Å². The molecule has 2 N–H and O–H groups in total. The van der Waals surface area contributed by atoms with Gasteiger partial charge in [-0.3, -0.25) is 14.9 Å². The molecule has 2 aromatic heterocycles. The second-order valence-electron chi connectivity index (χ2n) is 6.76. The molecule has 0 spiro atoms. The third-order valence-electron chi connectivity index (χ3n) is 4.62. The van der Waals surface area contributed by atoms with Gasteiger partial charge in [-0.2, -0.15) is 0 Å². The second-order valence-corrected chi connectivity index (χ2v) is 8.19. The lowest BCUT2D eigenvalue weighted by Gasteiger charge is -2.26. The third-order valence-corrected chi connectivity index (χ3v) is 5.66. The number of benzene rings is 2. The van der Waals surface area contributed by atoms with E-state index in [9.17, 15) is 14.4 Å². The molecule has 5 rings (SSSR count). The largest absolute Gasteiger partial charge is 0.450 e. The number of urea groups is 1. The average molecular weight is 465 g/mol. The summed E-state index contributed by atoms with van der Waals surface area (Å²) in [5.74, 6) is -1.30. The molecule has 32 heavy (non-hydrogen) atoms. The van der Waals surface area contributed by atoms with Crippen molar-refractivity contribution in [1.29, 1.82) is 0 Å². The number of para-hydroxylation sites is 2. The van der Waals surface area contributed by atoms with Crippen molar-refractivity contribution >= 4 is 64.0 Å². The Morgan fingerprint density at radius 1 is 1.03 bits per heavy atom. The normalized spacial score (nSPS) is 15.6. The molecule has 0 bridgehead atoms. The Hall–Kier alpha value is -3.82. The number of barbiturate groups is 1. The van der Waals surface area contributed by atoms with E-state index in [1.807, 2.05) is 24.3 Å². The molecule has 0 atom stereocenters. The quantitative estimate of drug-likeness (QED) is 0.337. The molecular weight excluding hydrogens is 452 g/mol. The first kappa shape index (κ1) is 20.1. The van der Waals surface area contributed by atoms with Gasteiger partial charge in [-0.05, 0) is 60.3 Å². The van der Waals surface area contributed by atoms with Gasteiger partial charge in [0.2, 0.25) is 0 Å². The molecule has 0 unspecified atom stereocenters. The van der Waals surface area contributed by atoms with Gasteiger partial charge in [0.1, 0.15) is 11.3 Å². The summed E-state index contributed by atoms with van der Waals surface area (Å²) in [6.07, 6.45) is 1.30. The molecule has 0 saturated carbocycles. The van der Waals surface area contributed by atoms with E-state index in [1.165, 1.54) is 23.9 Å². The molecule has 1 saturated heterocycles. The Morgan fingerprint density at radius 2 is 1.88 bits per heavy atom. The molecule has 158 valence electrons. The molecule has 8 nitrogen and oxygen atoms in total. The molecule has 10 heteroatoms. The number of nitrogens with one attached hydrogen (secondary N) is 2. The third kappa shape index (κ3) is 3.79. The zero-order chi connectivity index (χ0) is 22.2. The van der Waals surface area contributed by atoms with Gasteiger partial charge >= 0.3 is 6.03 Å². The van der Waals surface area contributed by atoms with Crippen molar-refractivity contribution in [1.82, 2.24) is 15.3 Å². The van der Waals surface area contributed by atoms with Gasteiger partial charge in [0.25, 0.3) is 11.8 Å². The average Bonchev–Trinajstić information content (AvgIpc) is 3.37. The number of fused-ring (bicyclic) bond motifs is 1. The van der Waals surface area contributed by atoms with Crippen LogP contribution >= 0.6 is 23.4 Å². The van der Waals surface area contributed by atoms with Gasteiger partial charge in [-0.15, -0.1) is 0 Å². The lowest BCUT2D eigenvalue weighted by molar-refractivity contribution is -0.122. The molecule has 3 heterocycles. The van der Waals surface area contributed by atoms with E-state index in [0.29, 0.717) is 15.3 Å². The monoisotopic (exact) mass is 464 g/mol. The number of imidazole rings is 1. The van der Waals surface area contributed by atoms with Crippen LogP contribution in [-0.2, 0) is 9.59 Å². The predicted molar refractivity (Wildman–Crippen MR) is 119 cm³/mol. The molecule has 2 aromatic carbocycles. The van der Waals surface area contributed by atoms with Crippen LogP contribution in [0.5, 0.6) is 0 Å². The van der Waals surface area contributed by atoms with Crippen LogP contribution in [0.25, 0.3) is 17.1 Å². The summed E-state index contributed by atoms with van der Waals surface area (Å²) in [6, 6.07) is 16.3. The number of amides is 4. The summed E-state index contributed by atoms with van der Waals surface area (Å²) in [4.78, 5) is 46.0. The van der Waals surface area contributed by atoms with Gasteiger partial charge < -0.3 is 9.40 Å². The number of hydrogen-bond donors (Lipinski definition) is 2. The zero-order valence-corrected chi connectivity index (χ0v) is 17.7. The van der Waals surface area contributed by atoms with E-state index in [0.717, 1.165) is 15.9 Å². The lowest BCUT2D eigenvalue weighted by atomic mass is 10.1. The molecular formula is C22H13ClN4O4S. The molecule has 4 aromatic rings. The second kappa shape index (κ2) is 8.03. The van der Waals surface area contributed by atoms with E-state index < -0.39 is 17.8 Å². The first-order chi connectivity index (χ1) is 15.5. The van der Waals surface area contributed by atoms with Gasteiger partial charge in [-0.1, -0.05) is 29.8 Å². The fraction of sp³-hybridized carbons (Fsp3) is 0. The number of furan rings is 1. The van der Waals surface area contributed by atoms with Gasteiger partial charge in [0, 0.05) is 5.02 Å². The number of imide groups is 2. The highest BCUT2D eigenvalue weighted by Gasteiger charge is 2.37. The molecule has 4 amide bonds. The molecule has 1 aliphatic heterocycles. The van der Waals surface area contributed by atoms with Crippen LogP contribution in [0.1, 0.15) is 5.76 Å². The van der Waals surface area contributed by atoms with Crippen LogP contribution in [0.15, 0.2) is 80.9 Å². The highest BCUT2D eigenvalue weighted by Crippen LogP contribution is 2.30. The van der Waals surface area contributed by atoms with Crippen molar-refractivity contribution in [3.8, 4) is 0 Å². The van der Waals surface area contributed by atoms with E-state index in [4.69, 9.17) is 16.0 Å². The maximum Gasteiger partial charge on any atom is 0.335 e. The smallest absolute Gasteiger partial charge is 0.335 e. The number of rotatable bonds is 4. The van der Waals surface area contributed by atoms with E-state index in [2.05, 4.69) is 15.3 Å². The van der Waals surface area contributed by atoms with Crippen LogP contribution in [0.3, 0.4) is 0 Å². The lowest BCUT2D eigenvalue weighted by Crippen LogP contribution is -2.54. The SMILES string of the molecule is O=C1NC(=O)N(c2cccc(Cl)c2)C(=O)C1=Cc1ccc(Sc2nc3ccccc3[nH]2)o1. The van der Waals surface area contributed by atoms with Crippen LogP contribution in [0.4, 0.5) is 10.5 Å². The molecule has 1 aliphatic rings. The minimum absolute atomic E-state index is 0.237. The van der Waals surface area contributed by atoms with Gasteiger partial charge in [0.05, 0.1) is 16.7 Å². The number of carbonyl (C=O) groups is 3. The molecule has 1 fully saturated rings. The number of carbonyl (C=O) groups excluding carboxylic acids is 3. The highest BCUT2D eigenvalue weighted by atomic mass is 35.5. The Balaban J connectivity index is 1.41. The van der Waals surface area contributed by atoms with Crippen LogP contribution in [0, 0.1) is 0 Å². The van der Waals surface area contributed by atoms with Crippen LogP contribution in [0.2, 0.25) is 5.02 Å². The maximum absolute atomic E-state index is 12.9. The van der Waals surface area contributed by atoms with Crippen LogP contribution < -0.4 is 10.2 Å². The van der Waals surface area contributed by atoms with Crippen molar-refractivity contribution in [3.63, 3.8) is 0 Å². The highest BCUT2D eigenvalue weighted by molar-refractivity contribution is 7.99. The number of aromatic nitrogens is 2. The van der Waals surface area contributed by atoms with Crippen molar-refractivity contribution in [2.75, 3.05) is 4.90 Å². The van der Waals surface area contributed by atoms with Crippen molar-refractivity contribution in [3.05, 3.63) is 77.0 Å².